The van der Waals surface area contributed by atoms with Crippen molar-refractivity contribution < 1.29 is 9.59 Å². The Balaban J connectivity index is 2.87. The van der Waals surface area contributed by atoms with Crippen LogP contribution in [0.3, 0.4) is 0 Å². The number of hydrogen-bond donors (Lipinski definition) is 0. The second-order valence-corrected chi connectivity index (χ2v) is 2.73. The Bertz CT molecular complexity index is 222. The molecule has 0 aromatic rings. The van der Waals surface area contributed by atoms with Crippen LogP contribution in [-0.4, -0.2) is 23.3 Å². The molecule has 4 heteroatoms. The zero-order valence-corrected chi connectivity index (χ0v) is 7.01. The third kappa shape index (κ3) is 0.988. The molecule has 0 spiro atoms. The lowest BCUT2D eigenvalue weighted by Crippen LogP contribution is -2.29. The van der Waals surface area contributed by atoms with Crippen LogP contribution in [0.15, 0.2) is 10.6 Å². The van der Waals surface area contributed by atoms with Gasteiger partial charge < -0.3 is 0 Å². The molecule has 0 bridgehead atoms. The molecule has 1 heterocycles. The Morgan fingerprint density at radius 1 is 1.60 bits per heavy atom. The summed E-state index contributed by atoms with van der Waals surface area (Å²) in [6, 6.07) is 0. The first-order valence-corrected chi connectivity index (χ1v) is 3.69. The van der Waals surface area contributed by atoms with Crippen molar-refractivity contribution in [2.75, 3.05) is 6.54 Å². The lowest BCUT2D eigenvalue weighted by molar-refractivity contribution is -0.136. The summed E-state index contributed by atoms with van der Waals surface area (Å²) in [6.45, 7) is 2.19. The number of nitrogens with zero attached hydrogens (tertiary/aromatic N) is 1. The van der Waals surface area contributed by atoms with E-state index in [0.29, 0.717) is 11.0 Å². The van der Waals surface area contributed by atoms with Crippen LogP contribution < -0.4 is 0 Å². The normalized spacial score (nSPS) is 18.2. The van der Waals surface area contributed by atoms with Crippen molar-refractivity contribution >= 4 is 27.7 Å². The molecule has 0 atom stereocenters. The maximum Gasteiger partial charge on any atom is 0.267 e. The molecule has 0 saturated carbocycles. The summed E-state index contributed by atoms with van der Waals surface area (Å²) in [4.78, 5) is 22.9. The van der Waals surface area contributed by atoms with Gasteiger partial charge in [-0.25, -0.2) is 0 Å². The van der Waals surface area contributed by atoms with Crippen LogP contribution in [0.2, 0.25) is 0 Å². The van der Waals surface area contributed by atoms with E-state index in [4.69, 9.17) is 0 Å². The van der Waals surface area contributed by atoms with Gasteiger partial charge in [0.1, 0.15) is 0 Å². The van der Waals surface area contributed by atoms with Gasteiger partial charge in [-0.2, -0.15) is 0 Å². The molecular weight excluding hydrogens is 198 g/mol. The van der Waals surface area contributed by atoms with Gasteiger partial charge in [-0.15, -0.1) is 0 Å². The molecule has 0 saturated heterocycles. The second-order valence-electron chi connectivity index (χ2n) is 1.88. The summed E-state index contributed by atoms with van der Waals surface area (Å²) >= 11 is 2.97. The third-order valence-electron chi connectivity index (χ3n) is 1.28. The van der Waals surface area contributed by atoms with Crippen molar-refractivity contribution in [2.24, 2.45) is 0 Å². The van der Waals surface area contributed by atoms with Crippen molar-refractivity contribution in [1.82, 2.24) is 4.90 Å². The highest BCUT2D eigenvalue weighted by Crippen LogP contribution is 2.16. The second kappa shape index (κ2) is 2.54. The molecule has 1 rings (SSSR count). The summed E-state index contributed by atoms with van der Waals surface area (Å²) < 4.78 is 0.347. The standard InChI is InChI=1S/C6H6BrNO2/c1-2-8-5(9)3-4(7)6(8)10/h3H,2H2,1H3. The SMILES string of the molecule is CCN1C(=O)C=C(Br)C1=O. The van der Waals surface area contributed by atoms with E-state index in [1.165, 1.54) is 11.0 Å². The molecule has 0 N–H and O–H groups in total. The van der Waals surface area contributed by atoms with Crippen LogP contribution in [0.25, 0.3) is 0 Å². The van der Waals surface area contributed by atoms with Gasteiger partial charge in [0, 0.05) is 12.6 Å². The van der Waals surface area contributed by atoms with E-state index in [2.05, 4.69) is 15.9 Å². The molecule has 0 unspecified atom stereocenters. The van der Waals surface area contributed by atoms with E-state index in [1.807, 2.05) is 0 Å². The van der Waals surface area contributed by atoms with Gasteiger partial charge in [-0.3, -0.25) is 14.5 Å². The van der Waals surface area contributed by atoms with Gasteiger partial charge in [0.15, 0.2) is 0 Å². The largest absolute Gasteiger partial charge is 0.275 e. The minimum absolute atomic E-state index is 0.237. The van der Waals surface area contributed by atoms with Crippen LogP contribution in [-0.2, 0) is 9.59 Å². The number of carbonyl (C=O) groups excluding carboxylic acids is 2. The smallest absolute Gasteiger partial charge is 0.267 e. The Hall–Kier alpha value is -0.640. The van der Waals surface area contributed by atoms with Crippen molar-refractivity contribution in [3.63, 3.8) is 0 Å². The fraction of sp³-hybridized carbons (Fsp3) is 0.333. The molecule has 54 valence electrons. The minimum Gasteiger partial charge on any atom is -0.275 e. The van der Waals surface area contributed by atoms with Gasteiger partial charge in [0.2, 0.25) is 0 Å². The number of rotatable bonds is 1. The van der Waals surface area contributed by atoms with Gasteiger partial charge in [0.05, 0.1) is 4.48 Å². The number of amides is 2. The van der Waals surface area contributed by atoms with Gasteiger partial charge in [-0.1, -0.05) is 0 Å². The molecule has 0 fully saturated rings. The van der Waals surface area contributed by atoms with Gasteiger partial charge in [-0.05, 0) is 22.9 Å². The van der Waals surface area contributed by atoms with E-state index < -0.39 is 0 Å². The van der Waals surface area contributed by atoms with Crippen LogP contribution in [0.1, 0.15) is 6.92 Å². The van der Waals surface area contributed by atoms with Crippen LogP contribution in [0.5, 0.6) is 0 Å². The van der Waals surface area contributed by atoms with E-state index in [9.17, 15) is 9.59 Å². The first-order valence-electron chi connectivity index (χ1n) is 2.90. The van der Waals surface area contributed by atoms with Crippen molar-refractivity contribution in [2.45, 2.75) is 6.92 Å². The van der Waals surface area contributed by atoms with Crippen LogP contribution in [0.4, 0.5) is 0 Å². The number of likely N-dealkylation sites (N-methyl/N-ethyl adjacent to an activating group) is 1. The molecule has 3 nitrogen and oxygen atoms in total. The highest BCUT2D eigenvalue weighted by atomic mass is 79.9. The first kappa shape index (κ1) is 7.47. The Morgan fingerprint density at radius 2 is 2.20 bits per heavy atom. The van der Waals surface area contributed by atoms with E-state index >= 15 is 0 Å². The topological polar surface area (TPSA) is 37.4 Å². The lowest BCUT2D eigenvalue weighted by Gasteiger charge is -2.08. The molecule has 2 amide bonds. The average molecular weight is 204 g/mol. The Morgan fingerprint density at radius 3 is 2.40 bits per heavy atom. The molecule has 0 aromatic carbocycles. The van der Waals surface area contributed by atoms with Crippen molar-refractivity contribution in [3.8, 4) is 0 Å². The average Bonchev–Trinajstić information content (AvgIpc) is 2.09. The van der Waals surface area contributed by atoms with Gasteiger partial charge in [0.25, 0.3) is 11.8 Å². The van der Waals surface area contributed by atoms with E-state index in [1.54, 1.807) is 6.92 Å². The number of halogens is 1. The zero-order chi connectivity index (χ0) is 7.72. The molecule has 10 heavy (non-hydrogen) atoms. The summed E-state index contributed by atoms with van der Waals surface area (Å²) in [5.41, 5.74) is 0. The lowest BCUT2D eigenvalue weighted by atomic mass is 10.5. The summed E-state index contributed by atoms with van der Waals surface area (Å²) in [5.74, 6) is -0.480. The molecule has 0 aromatic heterocycles. The number of imide groups is 1. The predicted octanol–water partition coefficient (Wildman–Crippen LogP) is 0.654. The molecular formula is C6H6BrNO2. The van der Waals surface area contributed by atoms with E-state index in [0.717, 1.165) is 0 Å². The maximum atomic E-state index is 10.9. The molecule has 0 radical (unpaired) electrons. The first-order chi connectivity index (χ1) is 4.66. The monoisotopic (exact) mass is 203 g/mol. The third-order valence-corrected chi connectivity index (χ3v) is 1.85. The summed E-state index contributed by atoms with van der Waals surface area (Å²) in [6.07, 6.45) is 1.28. The summed E-state index contributed by atoms with van der Waals surface area (Å²) in [5, 5.41) is 0. The quantitative estimate of drug-likeness (QED) is 0.588. The Kier molecular flexibility index (Phi) is 1.89. The number of carbonyl (C=O) groups is 2. The zero-order valence-electron chi connectivity index (χ0n) is 5.43. The van der Waals surface area contributed by atoms with E-state index in [-0.39, 0.29) is 11.8 Å². The van der Waals surface area contributed by atoms with Crippen molar-refractivity contribution in [1.29, 1.82) is 0 Å². The fourth-order valence-electron chi connectivity index (χ4n) is 0.777. The minimum atomic E-state index is -0.243. The summed E-state index contributed by atoms with van der Waals surface area (Å²) in [7, 11) is 0. The highest BCUT2D eigenvalue weighted by Gasteiger charge is 2.27. The van der Waals surface area contributed by atoms with Crippen LogP contribution in [0, 0.1) is 0 Å². The van der Waals surface area contributed by atoms with Gasteiger partial charge >= 0.3 is 0 Å². The number of hydrogen-bond acceptors (Lipinski definition) is 2. The van der Waals surface area contributed by atoms with Crippen molar-refractivity contribution in [3.05, 3.63) is 10.6 Å². The molecule has 1 aliphatic heterocycles. The molecule has 0 aliphatic carbocycles. The fourth-order valence-corrected chi connectivity index (χ4v) is 1.19. The Labute approximate surface area is 66.8 Å². The molecule has 1 aliphatic rings. The van der Waals surface area contributed by atoms with Crippen LogP contribution >= 0.6 is 15.9 Å². The highest BCUT2D eigenvalue weighted by molar-refractivity contribution is 9.12. The predicted molar refractivity (Wildman–Crippen MR) is 39.4 cm³/mol. The maximum absolute atomic E-state index is 10.9.